The van der Waals surface area contributed by atoms with Crippen LogP contribution in [0.2, 0.25) is 0 Å². The lowest BCUT2D eigenvalue weighted by Gasteiger charge is -2.06. The summed E-state index contributed by atoms with van der Waals surface area (Å²) in [7, 11) is 0. The van der Waals surface area contributed by atoms with E-state index >= 15 is 0 Å². The number of aliphatic hydroxyl groups is 1. The standard InChI is InChI=1S/C14H16N4O2/c1-7-4-8(2)18-14-10(7)11-12(20-14)13(17-6-16-11)15-5-9(3)19/h4,6,9,19H,5H2,1-3H3,(H,15,16,17)/t9-/m0/s1. The van der Waals surface area contributed by atoms with E-state index in [1.54, 1.807) is 6.92 Å². The first kappa shape index (κ1) is 12.8. The Bertz CT molecular complexity index is 780. The third-order valence-corrected chi connectivity index (χ3v) is 3.12. The highest BCUT2D eigenvalue weighted by Crippen LogP contribution is 2.31. The molecule has 20 heavy (non-hydrogen) atoms. The Labute approximate surface area is 115 Å². The number of fused-ring (bicyclic) bond motifs is 3. The van der Waals surface area contributed by atoms with E-state index in [1.165, 1.54) is 6.33 Å². The second kappa shape index (κ2) is 4.72. The van der Waals surface area contributed by atoms with Crippen LogP contribution in [-0.2, 0) is 0 Å². The van der Waals surface area contributed by atoms with Crippen LogP contribution in [0.15, 0.2) is 16.8 Å². The number of pyridine rings is 1. The van der Waals surface area contributed by atoms with Crippen molar-refractivity contribution in [1.29, 1.82) is 0 Å². The van der Waals surface area contributed by atoms with Crippen molar-refractivity contribution in [2.75, 3.05) is 11.9 Å². The topological polar surface area (TPSA) is 84.1 Å². The van der Waals surface area contributed by atoms with Gasteiger partial charge in [-0.2, -0.15) is 0 Å². The predicted molar refractivity (Wildman–Crippen MR) is 76.7 cm³/mol. The molecule has 1 atom stereocenters. The summed E-state index contributed by atoms with van der Waals surface area (Å²) in [6.07, 6.45) is 1.02. The number of rotatable bonds is 3. The maximum absolute atomic E-state index is 9.36. The third kappa shape index (κ3) is 2.08. The molecule has 0 fully saturated rings. The highest BCUT2D eigenvalue weighted by Gasteiger charge is 2.16. The van der Waals surface area contributed by atoms with Crippen molar-refractivity contribution in [2.24, 2.45) is 0 Å². The van der Waals surface area contributed by atoms with E-state index in [2.05, 4.69) is 20.3 Å². The van der Waals surface area contributed by atoms with E-state index in [0.717, 1.165) is 22.2 Å². The summed E-state index contributed by atoms with van der Waals surface area (Å²) in [6, 6.07) is 2.00. The van der Waals surface area contributed by atoms with Gasteiger partial charge < -0.3 is 14.8 Å². The minimum absolute atomic E-state index is 0.397. The molecule has 3 heterocycles. The Hall–Kier alpha value is -2.21. The number of aliphatic hydroxyl groups excluding tert-OH is 1. The summed E-state index contributed by atoms with van der Waals surface area (Å²) in [6.45, 7) is 6.04. The van der Waals surface area contributed by atoms with Gasteiger partial charge in [0.05, 0.1) is 11.5 Å². The van der Waals surface area contributed by atoms with Gasteiger partial charge in [0.1, 0.15) is 11.8 Å². The number of nitrogens with zero attached hydrogens (tertiary/aromatic N) is 3. The Balaban J connectivity index is 2.22. The highest BCUT2D eigenvalue weighted by atomic mass is 16.3. The lowest BCUT2D eigenvalue weighted by Crippen LogP contribution is -2.16. The van der Waals surface area contributed by atoms with Crippen molar-refractivity contribution in [3.05, 3.63) is 23.7 Å². The SMILES string of the molecule is Cc1cc(C)c2c(n1)oc1c(NC[C@H](C)O)ncnc12. The first-order valence-electron chi connectivity index (χ1n) is 6.49. The van der Waals surface area contributed by atoms with Gasteiger partial charge in [-0.05, 0) is 32.4 Å². The molecule has 6 nitrogen and oxygen atoms in total. The normalized spacial score (nSPS) is 13.0. The lowest BCUT2D eigenvalue weighted by atomic mass is 10.1. The Kier molecular flexibility index (Phi) is 3.02. The summed E-state index contributed by atoms with van der Waals surface area (Å²) < 4.78 is 5.80. The molecule has 0 aromatic carbocycles. The fourth-order valence-corrected chi connectivity index (χ4v) is 2.28. The molecule has 0 unspecified atom stereocenters. The predicted octanol–water partition coefficient (Wildman–Crippen LogP) is 2.18. The largest absolute Gasteiger partial charge is 0.432 e. The van der Waals surface area contributed by atoms with Crippen molar-refractivity contribution in [1.82, 2.24) is 15.0 Å². The summed E-state index contributed by atoms with van der Waals surface area (Å²) in [4.78, 5) is 12.9. The van der Waals surface area contributed by atoms with Crippen LogP contribution in [0.25, 0.3) is 22.2 Å². The van der Waals surface area contributed by atoms with E-state index in [9.17, 15) is 5.11 Å². The molecule has 0 saturated heterocycles. The van der Waals surface area contributed by atoms with Crippen LogP contribution in [0.1, 0.15) is 18.2 Å². The van der Waals surface area contributed by atoms with Crippen LogP contribution >= 0.6 is 0 Å². The number of furan rings is 1. The van der Waals surface area contributed by atoms with Gasteiger partial charge in [0.15, 0.2) is 11.4 Å². The average molecular weight is 272 g/mol. The Morgan fingerprint density at radius 1 is 1.35 bits per heavy atom. The van der Waals surface area contributed by atoms with Gasteiger partial charge in [-0.3, -0.25) is 0 Å². The highest BCUT2D eigenvalue weighted by molar-refractivity contribution is 6.05. The van der Waals surface area contributed by atoms with E-state index in [-0.39, 0.29) is 0 Å². The molecule has 0 aliphatic heterocycles. The number of aryl methyl sites for hydroxylation is 2. The zero-order valence-electron chi connectivity index (χ0n) is 11.6. The van der Waals surface area contributed by atoms with Gasteiger partial charge >= 0.3 is 0 Å². The molecule has 0 bridgehead atoms. The van der Waals surface area contributed by atoms with Crippen LogP contribution < -0.4 is 5.32 Å². The first-order chi connectivity index (χ1) is 9.56. The minimum atomic E-state index is -0.466. The molecule has 0 aliphatic carbocycles. The monoisotopic (exact) mass is 272 g/mol. The molecule has 104 valence electrons. The second-order valence-electron chi connectivity index (χ2n) is 4.99. The van der Waals surface area contributed by atoms with Crippen molar-refractivity contribution in [3.8, 4) is 0 Å². The van der Waals surface area contributed by atoms with Gasteiger partial charge in [-0.1, -0.05) is 0 Å². The molecular weight excluding hydrogens is 256 g/mol. The van der Waals surface area contributed by atoms with Crippen LogP contribution in [0, 0.1) is 13.8 Å². The summed E-state index contributed by atoms with van der Waals surface area (Å²) in [5.41, 5.74) is 3.86. The van der Waals surface area contributed by atoms with E-state index in [0.29, 0.717) is 23.7 Å². The van der Waals surface area contributed by atoms with Gasteiger partial charge in [0, 0.05) is 12.2 Å². The molecule has 0 radical (unpaired) electrons. The summed E-state index contributed by atoms with van der Waals surface area (Å²) in [5, 5.41) is 13.3. The smallest absolute Gasteiger partial charge is 0.229 e. The van der Waals surface area contributed by atoms with Crippen molar-refractivity contribution >= 4 is 28.0 Å². The minimum Gasteiger partial charge on any atom is -0.432 e. The fourth-order valence-electron chi connectivity index (χ4n) is 2.28. The number of hydrogen-bond donors (Lipinski definition) is 2. The van der Waals surface area contributed by atoms with Crippen LogP contribution in [0.4, 0.5) is 5.82 Å². The van der Waals surface area contributed by atoms with E-state index in [1.807, 2.05) is 19.9 Å². The molecule has 0 spiro atoms. The van der Waals surface area contributed by atoms with Gasteiger partial charge in [-0.15, -0.1) is 0 Å². The third-order valence-electron chi connectivity index (χ3n) is 3.12. The van der Waals surface area contributed by atoms with Crippen LogP contribution in [0.3, 0.4) is 0 Å². The number of nitrogens with one attached hydrogen (secondary N) is 1. The molecule has 0 aliphatic rings. The van der Waals surface area contributed by atoms with Crippen molar-refractivity contribution < 1.29 is 9.52 Å². The zero-order chi connectivity index (χ0) is 14.3. The summed E-state index contributed by atoms with van der Waals surface area (Å²) in [5.74, 6) is 0.575. The van der Waals surface area contributed by atoms with Crippen molar-refractivity contribution in [2.45, 2.75) is 26.9 Å². The van der Waals surface area contributed by atoms with Gasteiger partial charge in [0.25, 0.3) is 0 Å². The van der Waals surface area contributed by atoms with Crippen LogP contribution in [-0.4, -0.2) is 32.7 Å². The molecule has 0 amide bonds. The van der Waals surface area contributed by atoms with E-state index in [4.69, 9.17) is 4.42 Å². The second-order valence-corrected chi connectivity index (χ2v) is 4.99. The zero-order valence-corrected chi connectivity index (χ0v) is 11.6. The molecule has 3 rings (SSSR count). The molecule has 3 aromatic heterocycles. The van der Waals surface area contributed by atoms with Gasteiger partial charge in [0.2, 0.25) is 5.71 Å². The quantitative estimate of drug-likeness (QED) is 0.760. The molecular formula is C14H16N4O2. The van der Waals surface area contributed by atoms with Crippen molar-refractivity contribution in [3.63, 3.8) is 0 Å². The maximum atomic E-state index is 9.36. The summed E-state index contributed by atoms with van der Waals surface area (Å²) >= 11 is 0. The Morgan fingerprint density at radius 3 is 2.90 bits per heavy atom. The molecule has 3 aromatic rings. The fraction of sp³-hybridized carbons (Fsp3) is 0.357. The number of aromatic nitrogens is 3. The molecule has 6 heteroatoms. The number of anilines is 1. The Morgan fingerprint density at radius 2 is 2.15 bits per heavy atom. The first-order valence-corrected chi connectivity index (χ1v) is 6.49. The van der Waals surface area contributed by atoms with E-state index < -0.39 is 6.10 Å². The molecule has 2 N–H and O–H groups in total. The van der Waals surface area contributed by atoms with Crippen LogP contribution in [0.5, 0.6) is 0 Å². The lowest BCUT2D eigenvalue weighted by molar-refractivity contribution is 0.208. The number of hydrogen-bond acceptors (Lipinski definition) is 6. The molecule has 0 saturated carbocycles. The van der Waals surface area contributed by atoms with Gasteiger partial charge in [-0.25, -0.2) is 15.0 Å². The average Bonchev–Trinajstić information content (AvgIpc) is 2.74. The maximum Gasteiger partial charge on any atom is 0.229 e.